The molecule has 2 atom stereocenters. The first-order valence-electron chi connectivity index (χ1n) is 10.7. The molecule has 1 heterocycles. The van der Waals surface area contributed by atoms with Crippen molar-refractivity contribution in [3.8, 4) is 0 Å². The van der Waals surface area contributed by atoms with Crippen LogP contribution in [-0.4, -0.2) is 40.9 Å². The third kappa shape index (κ3) is 4.62. The van der Waals surface area contributed by atoms with Gasteiger partial charge >= 0.3 is 0 Å². The molecular formula is C23H27N7O2. The van der Waals surface area contributed by atoms with E-state index in [4.69, 9.17) is 11.5 Å². The maximum atomic E-state index is 11.9. The third-order valence-corrected chi connectivity index (χ3v) is 5.78. The first-order valence-corrected chi connectivity index (χ1v) is 10.7. The average molecular weight is 434 g/mol. The second-order valence-electron chi connectivity index (χ2n) is 8.00. The van der Waals surface area contributed by atoms with Crippen LogP contribution < -0.4 is 27.4 Å². The van der Waals surface area contributed by atoms with Gasteiger partial charge in [0.05, 0.1) is 0 Å². The van der Waals surface area contributed by atoms with Crippen LogP contribution in [0.2, 0.25) is 0 Å². The van der Waals surface area contributed by atoms with E-state index in [1.54, 1.807) is 13.1 Å². The van der Waals surface area contributed by atoms with E-state index in [-0.39, 0.29) is 23.6 Å². The Morgan fingerprint density at radius 2 is 1.81 bits per heavy atom. The van der Waals surface area contributed by atoms with E-state index >= 15 is 0 Å². The Kier molecular flexibility index (Phi) is 6.18. The van der Waals surface area contributed by atoms with Crippen LogP contribution in [0.3, 0.4) is 0 Å². The summed E-state index contributed by atoms with van der Waals surface area (Å²) in [4.78, 5) is 32.6. The minimum Gasteiger partial charge on any atom is -0.365 e. The lowest BCUT2D eigenvalue weighted by atomic mass is 9.91. The molecule has 2 amide bonds. The summed E-state index contributed by atoms with van der Waals surface area (Å²) in [5, 5.41) is 11.0. The van der Waals surface area contributed by atoms with E-state index in [2.05, 4.69) is 25.9 Å². The maximum Gasteiger partial charge on any atom is 0.254 e. The predicted octanol–water partition coefficient (Wildman–Crippen LogP) is 2.51. The zero-order valence-corrected chi connectivity index (χ0v) is 17.9. The van der Waals surface area contributed by atoms with Gasteiger partial charge in [-0.15, -0.1) is 0 Å². The van der Waals surface area contributed by atoms with E-state index in [1.807, 2.05) is 30.3 Å². The summed E-state index contributed by atoms with van der Waals surface area (Å²) in [6.45, 7) is 0. The van der Waals surface area contributed by atoms with Crippen molar-refractivity contribution in [2.75, 3.05) is 17.7 Å². The van der Waals surface area contributed by atoms with E-state index in [1.165, 1.54) is 6.20 Å². The molecule has 4 rings (SSSR count). The highest BCUT2D eigenvalue weighted by molar-refractivity contribution is 6.00. The molecule has 7 N–H and O–H groups in total. The molecule has 166 valence electrons. The van der Waals surface area contributed by atoms with Crippen molar-refractivity contribution in [3.63, 3.8) is 0 Å². The van der Waals surface area contributed by atoms with Gasteiger partial charge in [0.2, 0.25) is 5.95 Å². The van der Waals surface area contributed by atoms with Gasteiger partial charge in [-0.05, 0) is 47.9 Å². The number of amides is 2. The van der Waals surface area contributed by atoms with Crippen molar-refractivity contribution in [2.24, 2.45) is 11.5 Å². The number of rotatable bonds is 6. The normalized spacial score (nSPS) is 18.2. The van der Waals surface area contributed by atoms with Crippen LogP contribution in [0.25, 0.3) is 10.8 Å². The van der Waals surface area contributed by atoms with Crippen molar-refractivity contribution in [3.05, 3.63) is 53.7 Å². The summed E-state index contributed by atoms with van der Waals surface area (Å²) in [5.74, 6) is -0.0418. The molecule has 2 unspecified atom stereocenters. The van der Waals surface area contributed by atoms with Gasteiger partial charge in [-0.25, -0.2) is 4.98 Å². The van der Waals surface area contributed by atoms with Crippen LogP contribution in [-0.2, 0) is 0 Å². The maximum absolute atomic E-state index is 11.9. The average Bonchev–Trinajstić information content (AvgIpc) is 2.79. The number of anilines is 3. The molecule has 9 nitrogen and oxygen atoms in total. The SMILES string of the molecule is CNC(=O)c1ccc2cc(Nc3nc(NC4CCCCC4N)ncc3C(N)=O)ccc2c1. The molecule has 0 aliphatic heterocycles. The summed E-state index contributed by atoms with van der Waals surface area (Å²) < 4.78 is 0. The highest BCUT2D eigenvalue weighted by Gasteiger charge is 2.23. The number of carbonyl (C=O) groups excluding carboxylic acids is 2. The van der Waals surface area contributed by atoms with Gasteiger partial charge < -0.3 is 27.4 Å². The highest BCUT2D eigenvalue weighted by atomic mass is 16.1. The van der Waals surface area contributed by atoms with Crippen LogP contribution in [0, 0.1) is 0 Å². The highest BCUT2D eigenvalue weighted by Crippen LogP contribution is 2.26. The Bertz CT molecular complexity index is 1160. The Morgan fingerprint density at radius 3 is 2.56 bits per heavy atom. The number of aromatic nitrogens is 2. The molecule has 9 heteroatoms. The lowest BCUT2D eigenvalue weighted by molar-refractivity contribution is 0.0961. The van der Waals surface area contributed by atoms with Crippen LogP contribution in [0.5, 0.6) is 0 Å². The zero-order valence-electron chi connectivity index (χ0n) is 17.9. The molecule has 1 aliphatic carbocycles. The molecule has 1 aromatic heterocycles. The Hall–Kier alpha value is -3.72. The topological polar surface area (TPSA) is 148 Å². The van der Waals surface area contributed by atoms with E-state index in [0.717, 1.165) is 42.1 Å². The van der Waals surface area contributed by atoms with Gasteiger partial charge in [-0.3, -0.25) is 9.59 Å². The smallest absolute Gasteiger partial charge is 0.254 e. The molecule has 0 bridgehead atoms. The van der Waals surface area contributed by atoms with Crippen LogP contribution in [0.1, 0.15) is 46.4 Å². The number of hydrogen-bond donors (Lipinski definition) is 5. The van der Waals surface area contributed by atoms with Gasteiger partial charge in [0.1, 0.15) is 11.4 Å². The van der Waals surface area contributed by atoms with E-state index in [0.29, 0.717) is 17.3 Å². The number of hydrogen-bond acceptors (Lipinski definition) is 7. The zero-order chi connectivity index (χ0) is 22.7. The fraction of sp³-hybridized carbons (Fsp3) is 0.304. The van der Waals surface area contributed by atoms with Crippen molar-refractivity contribution in [1.29, 1.82) is 0 Å². The third-order valence-electron chi connectivity index (χ3n) is 5.78. The van der Waals surface area contributed by atoms with Crippen LogP contribution in [0.15, 0.2) is 42.6 Å². The van der Waals surface area contributed by atoms with Crippen LogP contribution in [0.4, 0.5) is 17.5 Å². The number of primary amides is 1. The molecule has 0 saturated heterocycles. The summed E-state index contributed by atoms with van der Waals surface area (Å²) in [6, 6.07) is 11.3. The number of nitrogens with one attached hydrogen (secondary N) is 3. The van der Waals surface area contributed by atoms with Gasteiger partial charge in [-0.1, -0.05) is 25.0 Å². The van der Waals surface area contributed by atoms with Crippen molar-refractivity contribution >= 4 is 40.0 Å². The van der Waals surface area contributed by atoms with Gasteiger partial charge in [-0.2, -0.15) is 4.98 Å². The summed E-state index contributed by atoms with van der Waals surface area (Å²) in [6.07, 6.45) is 5.56. The van der Waals surface area contributed by atoms with E-state index < -0.39 is 5.91 Å². The minimum atomic E-state index is -0.621. The predicted molar refractivity (Wildman–Crippen MR) is 125 cm³/mol. The fourth-order valence-electron chi connectivity index (χ4n) is 3.98. The summed E-state index contributed by atoms with van der Waals surface area (Å²) >= 11 is 0. The number of benzene rings is 2. The van der Waals surface area contributed by atoms with Crippen LogP contribution >= 0.6 is 0 Å². The minimum absolute atomic E-state index is 0.0414. The molecular weight excluding hydrogens is 406 g/mol. The lowest BCUT2D eigenvalue weighted by Crippen LogP contribution is -2.43. The molecule has 2 aromatic carbocycles. The second kappa shape index (κ2) is 9.19. The fourth-order valence-corrected chi connectivity index (χ4v) is 3.98. The summed E-state index contributed by atoms with van der Waals surface area (Å²) in [5.41, 5.74) is 13.3. The first kappa shape index (κ1) is 21.5. The standard InChI is InChI=1S/C23H27N7O2/c1-26-22(32)15-7-6-14-11-16(9-8-13(14)10-15)28-21-17(20(25)31)12-27-23(30-21)29-19-5-3-2-4-18(19)24/h6-12,18-19H,2-5,24H2,1H3,(H2,25,31)(H,26,32)(H2,27,28,29,30). The van der Waals surface area contributed by atoms with Crippen molar-refractivity contribution in [1.82, 2.24) is 15.3 Å². The monoisotopic (exact) mass is 433 g/mol. The molecule has 32 heavy (non-hydrogen) atoms. The Balaban J connectivity index is 1.60. The van der Waals surface area contributed by atoms with Crippen molar-refractivity contribution in [2.45, 2.75) is 37.8 Å². The molecule has 0 radical (unpaired) electrons. The Labute approximate surface area is 186 Å². The van der Waals surface area contributed by atoms with Crippen molar-refractivity contribution < 1.29 is 9.59 Å². The van der Waals surface area contributed by atoms with E-state index in [9.17, 15) is 9.59 Å². The number of fused-ring (bicyclic) bond motifs is 1. The second-order valence-corrected chi connectivity index (χ2v) is 8.00. The first-order chi connectivity index (χ1) is 15.4. The number of nitrogens with two attached hydrogens (primary N) is 2. The number of nitrogens with zero attached hydrogens (tertiary/aromatic N) is 2. The Morgan fingerprint density at radius 1 is 1.06 bits per heavy atom. The molecule has 1 aliphatic rings. The quantitative estimate of drug-likeness (QED) is 0.401. The largest absolute Gasteiger partial charge is 0.365 e. The molecule has 0 spiro atoms. The lowest BCUT2D eigenvalue weighted by Gasteiger charge is -2.29. The molecule has 1 saturated carbocycles. The summed E-state index contributed by atoms with van der Waals surface area (Å²) in [7, 11) is 1.60. The van der Waals surface area contributed by atoms with Gasteiger partial charge in [0, 0.05) is 36.6 Å². The number of carbonyl (C=O) groups is 2. The van der Waals surface area contributed by atoms with Gasteiger partial charge in [0.25, 0.3) is 11.8 Å². The molecule has 3 aromatic rings. The van der Waals surface area contributed by atoms with Gasteiger partial charge in [0.15, 0.2) is 0 Å². The molecule has 1 fully saturated rings.